The molecule has 3 N–H and O–H groups in total. The SMILES string of the molecule is Cc1c(NCc2cccc(F)c2F)cccc1C(N)=O. The van der Waals surface area contributed by atoms with Crippen LogP contribution in [0, 0.1) is 18.6 Å². The second kappa shape index (κ2) is 5.69. The zero-order valence-corrected chi connectivity index (χ0v) is 10.9. The summed E-state index contributed by atoms with van der Waals surface area (Å²) < 4.78 is 26.6. The van der Waals surface area contributed by atoms with Crippen molar-refractivity contribution >= 4 is 11.6 Å². The van der Waals surface area contributed by atoms with Crippen molar-refractivity contribution in [1.29, 1.82) is 0 Å². The lowest BCUT2D eigenvalue weighted by Gasteiger charge is -2.12. The van der Waals surface area contributed by atoms with Crippen LogP contribution in [0.15, 0.2) is 36.4 Å². The number of nitrogens with one attached hydrogen (secondary N) is 1. The van der Waals surface area contributed by atoms with Gasteiger partial charge in [0.1, 0.15) is 0 Å². The van der Waals surface area contributed by atoms with Crippen LogP contribution in [-0.2, 0) is 6.54 Å². The van der Waals surface area contributed by atoms with Crippen molar-refractivity contribution in [2.75, 3.05) is 5.32 Å². The molecule has 0 atom stereocenters. The van der Waals surface area contributed by atoms with Gasteiger partial charge in [0.25, 0.3) is 0 Å². The summed E-state index contributed by atoms with van der Waals surface area (Å²) in [5, 5.41) is 2.98. The quantitative estimate of drug-likeness (QED) is 0.902. The molecule has 0 spiro atoms. The zero-order valence-electron chi connectivity index (χ0n) is 10.9. The van der Waals surface area contributed by atoms with E-state index in [0.29, 0.717) is 16.8 Å². The number of anilines is 1. The highest BCUT2D eigenvalue weighted by Crippen LogP contribution is 2.20. The lowest BCUT2D eigenvalue weighted by atomic mass is 10.1. The van der Waals surface area contributed by atoms with Gasteiger partial charge in [0.05, 0.1) is 0 Å². The van der Waals surface area contributed by atoms with E-state index in [1.165, 1.54) is 12.1 Å². The molecular weight excluding hydrogens is 262 g/mol. The molecule has 3 nitrogen and oxygen atoms in total. The third kappa shape index (κ3) is 2.77. The molecule has 104 valence electrons. The first-order valence-electron chi connectivity index (χ1n) is 6.07. The van der Waals surface area contributed by atoms with Gasteiger partial charge in [-0.3, -0.25) is 4.79 Å². The van der Waals surface area contributed by atoms with Crippen molar-refractivity contribution in [2.45, 2.75) is 13.5 Å². The summed E-state index contributed by atoms with van der Waals surface area (Å²) in [7, 11) is 0. The first-order chi connectivity index (χ1) is 9.50. The van der Waals surface area contributed by atoms with E-state index < -0.39 is 17.5 Å². The fourth-order valence-corrected chi connectivity index (χ4v) is 1.97. The largest absolute Gasteiger partial charge is 0.381 e. The summed E-state index contributed by atoms with van der Waals surface area (Å²) in [4.78, 5) is 11.2. The number of amides is 1. The van der Waals surface area contributed by atoms with Crippen molar-refractivity contribution in [3.05, 3.63) is 64.7 Å². The van der Waals surface area contributed by atoms with E-state index in [1.54, 1.807) is 25.1 Å². The monoisotopic (exact) mass is 276 g/mol. The Morgan fingerprint density at radius 3 is 2.60 bits per heavy atom. The Bertz CT molecular complexity index is 656. The first kappa shape index (κ1) is 14.0. The van der Waals surface area contributed by atoms with Gasteiger partial charge in [-0.1, -0.05) is 18.2 Å². The number of rotatable bonds is 4. The van der Waals surface area contributed by atoms with E-state index in [0.717, 1.165) is 6.07 Å². The third-order valence-corrected chi connectivity index (χ3v) is 3.10. The number of benzene rings is 2. The molecule has 5 heteroatoms. The maximum Gasteiger partial charge on any atom is 0.249 e. The topological polar surface area (TPSA) is 55.1 Å². The summed E-state index contributed by atoms with van der Waals surface area (Å²) in [5.41, 5.74) is 7.21. The first-order valence-corrected chi connectivity index (χ1v) is 6.07. The molecule has 2 aromatic rings. The van der Waals surface area contributed by atoms with E-state index in [2.05, 4.69) is 5.32 Å². The Morgan fingerprint density at radius 1 is 1.20 bits per heavy atom. The number of hydrogen-bond donors (Lipinski definition) is 2. The number of nitrogens with two attached hydrogens (primary N) is 1. The summed E-state index contributed by atoms with van der Waals surface area (Å²) >= 11 is 0. The molecule has 1 amide bonds. The average molecular weight is 276 g/mol. The number of hydrogen-bond acceptors (Lipinski definition) is 2. The maximum absolute atomic E-state index is 13.5. The van der Waals surface area contributed by atoms with Crippen LogP contribution in [0.25, 0.3) is 0 Å². The van der Waals surface area contributed by atoms with Crippen LogP contribution < -0.4 is 11.1 Å². The van der Waals surface area contributed by atoms with Gasteiger partial charge in [-0.15, -0.1) is 0 Å². The zero-order chi connectivity index (χ0) is 14.7. The highest BCUT2D eigenvalue weighted by Gasteiger charge is 2.10. The van der Waals surface area contributed by atoms with E-state index in [4.69, 9.17) is 5.73 Å². The summed E-state index contributed by atoms with van der Waals surface area (Å²) in [6.45, 7) is 1.86. The Hall–Kier alpha value is -2.43. The van der Waals surface area contributed by atoms with Gasteiger partial charge < -0.3 is 11.1 Å². The van der Waals surface area contributed by atoms with Crippen molar-refractivity contribution < 1.29 is 13.6 Å². The Labute approximate surface area is 115 Å². The molecule has 0 aliphatic heterocycles. The highest BCUT2D eigenvalue weighted by molar-refractivity contribution is 5.95. The molecule has 20 heavy (non-hydrogen) atoms. The molecule has 0 aliphatic rings. The number of carbonyl (C=O) groups is 1. The van der Waals surface area contributed by atoms with Gasteiger partial charge in [-0.2, -0.15) is 0 Å². The highest BCUT2D eigenvalue weighted by atomic mass is 19.2. The van der Waals surface area contributed by atoms with E-state index >= 15 is 0 Å². The van der Waals surface area contributed by atoms with Crippen LogP contribution in [0.5, 0.6) is 0 Å². The molecule has 0 radical (unpaired) electrons. The van der Waals surface area contributed by atoms with Gasteiger partial charge >= 0.3 is 0 Å². The molecule has 2 aromatic carbocycles. The number of carbonyl (C=O) groups excluding carboxylic acids is 1. The van der Waals surface area contributed by atoms with Crippen LogP contribution >= 0.6 is 0 Å². The predicted octanol–water partition coefficient (Wildman–Crippen LogP) is 2.98. The van der Waals surface area contributed by atoms with E-state index in [-0.39, 0.29) is 12.1 Å². The van der Waals surface area contributed by atoms with Gasteiger partial charge in [-0.25, -0.2) is 8.78 Å². The predicted molar refractivity (Wildman–Crippen MR) is 73.4 cm³/mol. The molecule has 0 bridgehead atoms. The van der Waals surface area contributed by atoms with Crippen LogP contribution in [0.1, 0.15) is 21.5 Å². The molecule has 2 rings (SSSR count). The van der Waals surface area contributed by atoms with E-state index in [1.807, 2.05) is 0 Å². The summed E-state index contributed by atoms with van der Waals surface area (Å²) in [6.07, 6.45) is 0. The molecule has 0 fully saturated rings. The summed E-state index contributed by atoms with van der Waals surface area (Å²) in [5.74, 6) is -2.28. The molecule has 0 aliphatic carbocycles. The van der Waals surface area contributed by atoms with Crippen LogP contribution in [0.3, 0.4) is 0 Å². The Balaban J connectivity index is 2.21. The number of primary amides is 1. The van der Waals surface area contributed by atoms with Gasteiger partial charge in [0, 0.05) is 23.4 Å². The standard InChI is InChI=1S/C15H14F2N2O/c1-9-11(15(18)20)5-3-7-13(9)19-8-10-4-2-6-12(16)14(10)17/h2-7,19H,8H2,1H3,(H2,18,20). The molecule has 0 saturated carbocycles. The normalized spacial score (nSPS) is 10.3. The summed E-state index contributed by atoms with van der Waals surface area (Å²) in [6, 6.07) is 9.06. The van der Waals surface area contributed by atoms with Crippen LogP contribution in [0.4, 0.5) is 14.5 Å². The molecule has 0 unspecified atom stereocenters. The minimum atomic E-state index is -0.882. The third-order valence-electron chi connectivity index (χ3n) is 3.10. The number of halogens is 2. The van der Waals surface area contributed by atoms with Crippen molar-refractivity contribution in [1.82, 2.24) is 0 Å². The average Bonchev–Trinajstić information content (AvgIpc) is 2.41. The minimum Gasteiger partial charge on any atom is -0.381 e. The minimum absolute atomic E-state index is 0.118. The second-order valence-electron chi connectivity index (χ2n) is 4.41. The van der Waals surface area contributed by atoms with Gasteiger partial charge in [-0.05, 0) is 30.7 Å². The van der Waals surface area contributed by atoms with Crippen LogP contribution in [0.2, 0.25) is 0 Å². The van der Waals surface area contributed by atoms with Crippen LogP contribution in [-0.4, -0.2) is 5.91 Å². The molecular formula is C15H14F2N2O. The van der Waals surface area contributed by atoms with Gasteiger partial charge in [0.15, 0.2) is 11.6 Å². The smallest absolute Gasteiger partial charge is 0.249 e. The molecule has 0 aromatic heterocycles. The fraction of sp³-hybridized carbons (Fsp3) is 0.133. The van der Waals surface area contributed by atoms with Crippen molar-refractivity contribution in [3.8, 4) is 0 Å². The van der Waals surface area contributed by atoms with Gasteiger partial charge in [0.2, 0.25) is 5.91 Å². The van der Waals surface area contributed by atoms with Crippen molar-refractivity contribution in [2.24, 2.45) is 5.73 Å². The Morgan fingerprint density at radius 2 is 1.90 bits per heavy atom. The van der Waals surface area contributed by atoms with E-state index in [9.17, 15) is 13.6 Å². The lowest BCUT2D eigenvalue weighted by molar-refractivity contribution is 0.1000. The molecule has 0 heterocycles. The maximum atomic E-state index is 13.5. The lowest BCUT2D eigenvalue weighted by Crippen LogP contribution is -2.14. The second-order valence-corrected chi connectivity index (χ2v) is 4.41. The fourth-order valence-electron chi connectivity index (χ4n) is 1.97. The van der Waals surface area contributed by atoms with Crippen molar-refractivity contribution in [3.63, 3.8) is 0 Å². The molecule has 0 saturated heterocycles. The Kier molecular flexibility index (Phi) is 3.98.